The van der Waals surface area contributed by atoms with E-state index in [0.29, 0.717) is 11.1 Å². The first-order valence-corrected chi connectivity index (χ1v) is 7.48. The van der Waals surface area contributed by atoms with E-state index in [-0.39, 0.29) is 5.28 Å². The third-order valence-electron chi connectivity index (χ3n) is 2.82. The summed E-state index contributed by atoms with van der Waals surface area (Å²) in [6.07, 6.45) is 3.42. The molecule has 0 aliphatic heterocycles. The van der Waals surface area contributed by atoms with Gasteiger partial charge < -0.3 is 0 Å². The molecule has 1 aromatic carbocycles. The summed E-state index contributed by atoms with van der Waals surface area (Å²) in [5, 5.41) is 4.80. The third kappa shape index (κ3) is 3.22. The molecular formula is C14H12ClN5S. The van der Waals surface area contributed by atoms with Crippen LogP contribution in [0.1, 0.15) is 11.1 Å². The zero-order chi connectivity index (χ0) is 14.8. The Balaban J connectivity index is 1.95. The van der Waals surface area contributed by atoms with E-state index in [1.807, 2.05) is 0 Å². The summed E-state index contributed by atoms with van der Waals surface area (Å²) in [5.74, 6) is 0.410. The first-order chi connectivity index (χ1) is 10.1. The highest BCUT2D eigenvalue weighted by Gasteiger charge is 2.10. The van der Waals surface area contributed by atoms with Crippen molar-refractivity contribution in [3.8, 4) is 5.95 Å². The van der Waals surface area contributed by atoms with Gasteiger partial charge >= 0.3 is 0 Å². The molecule has 106 valence electrons. The fourth-order valence-corrected chi connectivity index (χ4v) is 2.89. The van der Waals surface area contributed by atoms with Crippen LogP contribution in [0.4, 0.5) is 0 Å². The second-order valence-electron chi connectivity index (χ2n) is 4.51. The van der Waals surface area contributed by atoms with Crippen molar-refractivity contribution in [2.45, 2.75) is 23.9 Å². The maximum atomic E-state index is 5.98. The molecule has 0 unspecified atom stereocenters. The molecule has 2 heterocycles. The molecule has 0 saturated carbocycles. The second kappa shape index (κ2) is 5.83. The molecule has 0 spiro atoms. The van der Waals surface area contributed by atoms with Gasteiger partial charge in [0.2, 0.25) is 5.28 Å². The van der Waals surface area contributed by atoms with Crippen LogP contribution in [0.3, 0.4) is 0 Å². The molecule has 5 nitrogen and oxygen atoms in total. The van der Waals surface area contributed by atoms with Crippen molar-refractivity contribution in [1.29, 1.82) is 0 Å². The number of aromatic nitrogens is 5. The van der Waals surface area contributed by atoms with Crippen LogP contribution in [0.5, 0.6) is 0 Å². The Kier molecular flexibility index (Phi) is 3.90. The lowest BCUT2D eigenvalue weighted by Gasteiger charge is -2.07. The van der Waals surface area contributed by atoms with Gasteiger partial charge in [-0.1, -0.05) is 17.7 Å². The summed E-state index contributed by atoms with van der Waals surface area (Å²) in [7, 11) is 0. The van der Waals surface area contributed by atoms with E-state index in [2.05, 4.69) is 52.1 Å². The molecule has 0 fully saturated rings. The molecule has 0 bridgehead atoms. The van der Waals surface area contributed by atoms with Crippen molar-refractivity contribution >= 4 is 23.4 Å². The molecule has 3 aromatic rings. The van der Waals surface area contributed by atoms with Gasteiger partial charge in [0.1, 0.15) is 0 Å². The predicted molar refractivity (Wildman–Crippen MR) is 82.0 cm³/mol. The Labute approximate surface area is 131 Å². The smallest absolute Gasteiger partial charge is 0.206 e. The standard InChI is InChI=1S/C14H12ClN5S/c1-9-4-5-11(10(2)8-9)21-14-18-12(15)17-13(19-14)20-7-3-6-16-20/h3-8H,1-2H3. The topological polar surface area (TPSA) is 56.5 Å². The normalized spacial score (nSPS) is 10.8. The Morgan fingerprint density at radius 2 is 2.00 bits per heavy atom. The minimum absolute atomic E-state index is 0.155. The number of rotatable bonds is 3. The molecule has 3 rings (SSSR count). The summed E-state index contributed by atoms with van der Waals surface area (Å²) < 4.78 is 1.56. The number of hydrogen-bond donors (Lipinski definition) is 0. The zero-order valence-electron chi connectivity index (χ0n) is 11.5. The van der Waals surface area contributed by atoms with Crippen LogP contribution >= 0.6 is 23.4 Å². The van der Waals surface area contributed by atoms with Gasteiger partial charge in [-0.3, -0.25) is 0 Å². The zero-order valence-corrected chi connectivity index (χ0v) is 13.1. The highest BCUT2D eigenvalue weighted by molar-refractivity contribution is 7.99. The highest BCUT2D eigenvalue weighted by atomic mass is 35.5. The molecular weight excluding hydrogens is 306 g/mol. The third-order valence-corrected chi connectivity index (χ3v) is 4.03. The van der Waals surface area contributed by atoms with Gasteiger partial charge in [-0.05, 0) is 54.9 Å². The van der Waals surface area contributed by atoms with E-state index < -0.39 is 0 Å². The summed E-state index contributed by atoms with van der Waals surface area (Å²) >= 11 is 7.44. The van der Waals surface area contributed by atoms with Crippen LogP contribution in [0.25, 0.3) is 5.95 Å². The van der Waals surface area contributed by atoms with E-state index in [1.54, 1.807) is 23.1 Å². The van der Waals surface area contributed by atoms with Crippen LogP contribution in [0, 0.1) is 13.8 Å². The van der Waals surface area contributed by atoms with Gasteiger partial charge in [-0.15, -0.1) is 0 Å². The van der Waals surface area contributed by atoms with E-state index in [4.69, 9.17) is 11.6 Å². The molecule has 0 radical (unpaired) electrons. The van der Waals surface area contributed by atoms with Gasteiger partial charge in [0.15, 0.2) is 5.16 Å². The molecule has 0 saturated heterocycles. The lowest BCUT2D eigenvalue weighted by molar-refractivity contribution is 0.758. The SMILES string of the molecule is Cc1ccc(Sc2nc(Cl)nc(-n3cccn3)n2)c(C)c1. The average molecular weight is 318 g/mol. The number of nitrogens with zero attached hydrogens (tertiary/aromatic N) is 5. The van der Waals surface area contributed by atoms with Gasteiger partial charge in [0, 0.05) is 17.3 Å². The second-order valence-corrected chi connectivity index (χ2v) is 5.86. The Morgan fingerprint density at radius 1 is 1.14 bits per heavy atom. The molecule has 0 aliphatic rings. The molecule has 0 atom stereocenters. The largest absolute Gasteiger partial charge is 0.255 e. The molecule has 0 amide bonds. The molecule has 7 heteroatoms. The summed E-state index contributed by atoms with van der Waals surface area (Å²) in [6, 6.07) is 8.04. The van der Waals surface area contributed by atoms with E-state index in [0.717, 1.165) is 4.90 Å². The average Bonchev–Trinajstić information content (AvgIpc) is 2.95. The van der Waals surface area contributed by atoms with Gasteiger partial charge in [0.05, 0.1) is 0 Å². The predicted octanol–water partition coefficient (Wildman–Crippen LogP) is 3.48. The lowest BCUT2D eigenvalue weighted by atomic mass is 10.2. The monoisotopic (exact) mass is 317 g/mol. The Hall–Kier alpha value is -1.92. The molecule has 2 aromatic heterocycles. The summed E-state index contributed by atoms with van der Waals surface area (Å²) in [4.78, 5) is 13.7. The van der Waals surface area contributed by atoms with Crippen molar-refractivity contribution in [3.63, 3.8) is 0 Å². The first-order valence-electron chi connectivity index (χ1n) is 6.28. The lowest BCUT2D eigenvalue weighted by Crippen LogP contribution is -2.04. The van der Waals surface area contributed by atoms with Crippen LogP contribution in [0.2, 0.25) is 5.28 Å². The van der Waals surface area contributed by atoms with Crippen LogP contribution in [-0.4, -0.2) is 24.7 Å². The Bertz CT molecular complexity index is 773. The Morgan fingerprint density at radius 3 is 2.71 bits per heavy atom. The molecule has 0 aliphatic carbocycles. The van der Waals surface area contributed by atoms with Gasteiger partial charge in [0.25, 0.3) is 5.95 Å². The molecule has 21 heavy (non-hydrogen) atoms. The maximum absolute atomic E-state index is 5.98. The quantitative estimate of drug-likeness (QED) is 0.740. The fraction of sp³-hybridized carbons (Fsp3) is 0.143. The van der Waals surface area contributed by atoms with Crippen molar-refractivity contribution in [2.75, 3.05) is 0 Å². The van der Waals surface area contributed by atoms with Crippen LogP contribution < -0.4 is 0 Å². The number of aryl methyl sites for hydroxylation is 2. The van der Waals surface area contributed by atoms with Gasteiger partial charge in [-0.25, -0.2) is 4.68 Å². The fourth-order valence-electron chi connectivity index (χ4n) is 1.87. The summed E-state index contributed by atoms with van der Waals surface area (Å²) in [6.45, 7) is 4.13. The maximum Gasteiger partial charge on any atom is 0.255 e. The van der Waals surface area contributed by atoms with E-state index in [1.165, 1.54) is 22.9 Å². The van der Waals surface area contributed by atoms with Crippen molar-refractivity contribution in [1.82, 2.24) is 24.7 Å². The number of hydrogen-bond acceptors (Lipinski definition) is 5. The minimum Gasteiger partial charge on any atom is -0.206 e. The van der Waals surface area contributed by atoms with Gasteiger partial charge in [-0.2, -0.15) is 20.1 Å². The van der Waals surface area contributed by atoms with Crippen molar-refractivity contribution in [3.05, 3.63) is 53.1 Å². The first kappa shape index (κ1) is 14.0. The molecule has 0 N–H and O–H groups in total. The summed E-state index contributed by atoms with van der Waals surface area (Å²) in [5.41, 5.74) is 2.40. The highest BCUT2D eigenvalue weighted by Crippen LogP contribution is 2.29. The van der Waals surface area contributed by atoms with Crippen molar-refractivity contribution < 1.29 is 0 Å². The van der Waals surface area contributed by atoms with Crippen LogP contribution in [-0.2, 0) is 0 Å². The number of benzene rings is 1. The number of halogens is 1. The van der Waals surface area contributed by atoms with E-state index >= 15 is 0 Å². The van der Waals surface area contributed by atoms with Crippen LogP contribution in [0.15, 0.2) is 46.7 Å². The van der Waals surface area contributed by atoms with E-state index in [9.17, 15) is 0 Å². The van der Waals surface area contributed by atoms with Crippen molar-refractivity contribution in [2.24, 2.45) is 0 Å². The minimum atomic E-state index is 0.155.